The van der Waals surface area contributed by atoms with Crippen LogP contribution in [0.25, 0.3) is 11.1 Å². The average molecular weight is 472 g/mol. The molecule has 0 fully saturated rings. The third-order valence-electron chi connectivity index (χ3n) is 5.53. The van der Waals surface area contributed by atoms with Crippen molar-refractivity contribution < 1.29 is 14.7 Å². The van der Waals surface area contributed by atoms with Crippen LogP contribution in [-0.2, 0) is 24.2 Å². The van der Waals surface area contributed by atoms with E-state index in [1.807, 2.05) is 60.8 Å². The zero-order valence-electron chi connectivity index (χ0n) is 18.8. The van der Waals surface area contributed by atoms with Gasteiger partial charge in [0.1, 0.15) is 0 Å². The van der Waals surface area contributed by atoms with Gasteiger partial charge in [-0.25, -0.2) is 9.78 Å². The molecule has 2 N–H and O–H groups in total. The SMILES string of the molecule is Cc1cc(-c2cc(CC(=O)[C@H](Cc3ccccc3)NCc3cscn3)cc(C(=O)O)c2)ccn1. The number of carboxylic acid groups (broad SMARTS) is 1. The number of nitrogens with zero attached hydrogens (tertiary/aromatic N) is 2. The molecule has 2 aromatic carbocycles. The normalized spacial score (nSPS) is 11.8. The maximum atomic E-state index is 13.4. The highest BCUT2D eigenvalue weighted by molar-refractivity contribution is 7.07. The van der Waals surface area contributed by atoms with E-state index in [1.54, 1.807) is 23.8 Å². The van der Waals surface area contributed by atoms with Crippen LogP contribution in [0.3, 0.4) is 0 Å². The monoisotopic (exact) mass is 471 g/mol. The molecule has 0 radical (unpaired) electrons. The van der Waals surface area contributed by atoms with Crippen LogP contribution in [0.2, 0.25) is 0 Å². The summed E-state index contributed by atoms with van der Waals surface area (Å²) in [6, 6.07) is 18.3. The van der Waals surface area contributed by atoms with Gasteiger partial charge in [0.2, 0.25) is 0 Å². The molecule has 0 bridgehead atoms. The van der Waals surface area contributed by atoms with E-state index in [4.69, 9.17) is 0 Å². The van der Waals surface area contributed by atoms with E-state index in [9.17, 15) is 14.7 Å². The number of pyridine rings is 1. The first-order chi connectivity index (χ1) is 16.5. The van der Waals surface area contributed by atoms with E-state index < -0.39 is 12.0 Å². The number of aromatic nitrogens is 2. The van der Waals surface area contributed by atoms with Crippen molar-refractivity contribution in [2.45, 2.75) is 32.4 Å². The smallest absolute Gasteiger partial charge is 0.335 e. The van der Waals surface area contributed by atoms with Crippen molar-refractivity contribution in [1.82, 2.24) is 15.3 Å². The third-order valence-corrected chi connectivity index (χ3v) is 6.17. The minimum absolute atomic E-state index is 0.00141. The van der Waals surface area contributed by atoms with Gasteiger partial charge in [0.15, 0.2) is 5.78 Å². The third kappa shape index (κ3) is 6.21. The Labute approximate surface area is 202 Å². The van der Waals surface area contributed by atoms with Crippen molar-refractivity contribution in [2.75, 3.05) is 0 Å². The zero-order valence-corrected chi connectivity index (χ0v) is 19.6. The van der Waals surface area contributed by atoms with E-state index in [1.165, 1.54) is 11.3 Å². The number of thiazole rings is 1. The van der Waals surface area contributed by atoms with E-state index in [-0.39, 0.29) is 17.8 Å². The summed E-state index contributed by atoms with van der Waals surface area (Å²) in [7, 11) is 0. The fourth-order valence-electron chi connectivity index (χ4n) is 3.84. The minimum atomic E-state index is -1.02. The molecule has 1 atom stereocenters. The number of benzene rings is 2. The number of hydrogen-bond acceptors (Lipinski definition) is 6. The van der Waals surface area contributed by atoms with Gasteiger partial charge in [-0.15, -0.1) is 11.3 Å². The number of aryl methyl sites for hydroxylation is 1. The summed E-state index contributed by atoms with van der Waals surface area (Å²) in [5.41, 5.74) is 7.00. The summed E-state index contributed by atoms with van der Waals surface area (Å²) >= 11 is 1.51. The Bertz CT molecular complexity index is 1270. The predicted molar refractivity (Wildman–Crippen MR) is 133 cm³/mol. The fraction of sp³-hybridized carbons (Fsp3) is 0.185. The summed E-state index contributed by atoms with van der Waals surface area (Å²) in [6.07, 6.45) is 2.36. The van der Waals surface area contributed by atoms with Crippen LogP contribution in [0.4, 0.5) is 0 Å². The molecule has 0 aliphatic rings. The second-order valence-corrected chi connectivity index (χ2v) is 8.87. The lowest BCUT2D eigenvalue weighted by molar-refractivity contribution is -0.120. The molecule has 2 aromatic heterocycles. The van der Waals surface area contributed by atoms with Gasteiger partial charge in [0.25, 0.3) is 0 Å². The molecule has 0 saturated carbocycles. The minimum Gasteiger partial charge on any atom is -0.478 e. The Morgan fingerprint density at radius 3 is 2.53 bits per heavy atom. The number of rotatable bonds is 10. The number of ketones is 1. The van der Waals surface area contributed by atoms with E-state index >= 15 is 0 Å². The quantitative estimate of drug-likeness (QED) is 0.348. The molecule has 0 saturated heterocycles. The van der Waals surface area contributed by atoms with Gasteiger partial charge in [-0.1, -0.05) is 36.4 Å². The highest BCUT2D eigenvalue weighted by atomic mass is 32.1. The Morgan fingerprint density at radius 2 is 1.82 bits per heavy atom. The molecule has 0 aliphatic heterocycles. The predicted octanol–water partition coefficient (Wildman–Crippen LogP) is 4.72. The maximum Gasteiger partial charge on any atom is 0.335 e. The summed E-state index contributed by atoms with van der Waals surface area (Å²) < 4.78 is 0. The molecular formula is C27H25N3O3S. The number of carboxylic acids is 1. The molecule has 0 spiro atoms. The van der Waals surface area contributed by atoms with E-state index in [0.717, 1.165) is 28.1 Å². The van der Waals surface area contributed by atoms with Crippen LogP contribution in [0.15, 0.2) is 77.8 Å². The second kappa shape index (κ2) is 11.0. The number of nitrogens with one attached hydrogen (secondary N) is 1. The van der Waals surface area contributed by atoms with Crippen molar-refractivity contribution in [3.63, 3.8) is 0 Å². The summed E-state index contributed by atoms with van der Waals surface area (Å²) in [5.74, 6) is -1.03. The van der Waals surface area contributed by atoms with Crippen molar-refractivity contribution in [1.29, 1.82) is 0 Å². The first-order valence-electron chi connectivity index (χ1n) is 11.0. The number of carbonyl (C=O) groups excluding carboxylic acids is 1. The van der Waals surface area contributed by atoms with Gasteiger partial charge < -0.3 is 10.4 Å². The molecule has 0 unspecified atom stereocenters. The van der Waals surface area contributed by atoms with Crippen molar-refractivity contribution >= 4 is 23.1 Å². The van der Waals surface area contributed by atoms with Crippen LogP contribution < -0.4 is 5.32 Å². The molecular weight excluding hydrogens is 446 g/mol. The number of aromatic carboxylic acids is 1. The average Bonchev–Trinajstić information content (AvgIpc) is 3.36. The molecule has 0 amide bonds. The van der Waals surface area contributed by atoms with Crippen LogP contribution in [-0.4, -0.2) is 32.9 Å². The summed E-state index contributed by atoms with van der Waals surface area (Å²) in [5, 5.41) is 15.0. The lowest BCUT2D eigenvalue weighted by Gasteiger charge is -2.18. The fourth-order valence-corrected chi connectivity index (χ4v) is 4.39. The van der Waals surface area contributed by atoms with Gasteiger partial charge in [-0.05, 0) is 59.9 Å². The van der Waals surface area contributed by atoms with Crippen molar-refractivity contribution in [2.24, 2.45) is 0 Å². The molecule has 2 heterocycles. The lowest BCUT2D eigenvalue weighted by Crippen LogP contribution is -2.39. The zero-order chi connectivity index (χ0) is 23.9. The van der Waals surface area contributed by atoms with Crippen LogP contribution in [0, 0.1) is 6.92 Å². The Kier molecular flexibility index (Phi) is 7.57. The molecule has 172 valence electrons. The molecule has 7 heteroatoms. The van der Waals surface area contributed by atoms with Gasteiger partial charge in [-0.2, -0.15) is 0 Å². The first-order valence-corrected chi connectivity index (χ1v) is 11.9. The second-order valence-electron chi connectivity index (χ2n) is 8.16. The Morgan fingerprint density at radius 1 is 1.00 bits per heavy atom. The number of carbonyl (C=O) groups is 2. The molecule has 4 aromatic rings. The first kappa shape index (κ1) is 23.5. The van der Waals surface area contributed by atoms with E-state index in [2.05, 4.69) is 15.3 Å². The van der Waals surface area contributed by atoms with Gasteiger partial charge in [0.05, 0.1) is 22.8 Å². The summed E-state index contributed by atoms with van der Waals surface area (Å²) in [4.78, 5) is 33.7. The highest BCUT2D eigenvalue weighted by Crippen LogP contribution is 2.24. The largest absolute Gasteiger partial charge is 0.478 e. The summed E-state index contributed by atoms with van der Waals surface area (Å²) in [6.45, 7) is 2.38. The topological polar surface area (TPSA) is 92.2 Å². The van der Waals surface area contributed by atoms with Gasteiger partial charge in [0, 0.05) is 30.2 Å². The Hall–Kier alpha value is -3.68. The lowest BCUT2D eigenvalue weighted by atomic mass is 9.94. The molecule has 34 heavy (non-hydrogen) atoms. The highest BCUT2D eigenvalue weighted by Gasteiger charge is 2.20. The molecule has 6 nitrogen and oxygen atoms in total. The molecule has 4 rings (SSSR count). The van der Waals surface area contributed by atoms with Crippen LogP contribution in [0.5, 0.6) is 0 Å². The van der Waals surface area contributed by atoms with Crippen molar-refractivity contribution in [3.05, 3.63) is 106 Å². The van der Waals surface area contributed by atoms with Gasteiger partial charge >= 0.3 is 5.97 Å². The van der Waals surface area contributed by atoms with Crippen LogP contribution >= 0.6 is 11.3 Å². The standard InChI is InChI=1S/C27H25N3O3S/c1-18-9-21(7-8-28-18)22-10-20(11-23(14-22)27(32)33)13-26(31)25(12-19-5-3-2-4-6-19)29-15-24-16-34-17-30-24/h2-11,14,16-17,25,29H,12-13,15H2,1H3,(H,32,33)/t25-/m0/s1. The number of hydrogen-bond donors (Lipinski definition) is 2. The maximum absolute atomic E-state index is 13.4. The van der Waals surface area contributed by atoms with E-state index in [0.29, 0.717) is 18.5 Å². The number of Topliss-reactive ketones (excluding diaryl/α,β-unsaturated/α-hetero) is 1. The van der Waals surface area contributed by atoms with Crippen LogP contribution in [0.1, 0.15) is 32.9 Å². The van der Waals surface area contributed by atoms with Crippen molar-refractivity contribution in [3.8, 4) is 11.1 Å². The Balaban J connectivity index is 1.59. The molecule has 0 aliphatic carbocycles. The van der Waals surface area contributed by atoms with Gasteiger partial charge in [-0.3, -0.25) is 9.78 Å².